The van der Waals surface area contributed by atoms with Crippen LogP contribution in [0.2, 0.25) is 0 Å². The molecule has 1 aliphatic rings. The molecule has 2 aromatic rings. The molecule has 1 aromatic carbocycles. The van der Waals surface area contributed by atoms with Gasteiger partial charge in [0, 0.05) is 18.9 Å². The lowest BCUT2D eigenvalue weighted by molar-refractivity contribution is -0.156. The van der Waals surface area contributed by atoms with Crippen LogP contribution in [0.25, 0.3) is 0 Å². The van der Waals surface area contributed by atoms with Crippen molar-refractivity contribution in [2.75, 3.05) is 13.2 Å². The van der Waals surface area contributed by atoms with Crippen LogP contribution >= 0.6 is 0 Å². The Morgan fingerprint density at radius 3 is 2.54 bits per heavy atom. The maximum absolute atomic E-state index is 13.2. The fraction of sp³-hybridized carbons (Fsp3) is 0.353. The summed E-state index contributed by atoms with van der Waals surface area (Å²) in [6.45, 7) is 0.257. The predicted octanol–water partition coefficient (Wildman–Crippen LogP) is 2.98. The van der Waals surface area contributed by atoms with E-state index < -0.39 is 18.3 Å². The lowest BCUT2D eigenvalue weighted by atomic mass is 10.1. The van der Waals surface area contributed by atoms with Crippen LogP contribution in [0.3, 0.4) is 0 Å². The van der Waals surface area contributed by atoms with E-state index in [1.165, 1.54) is 12.4 Å². The fourth-order valence-electron chi connectivity index (χ4n) is 2.50. The highest BCUT2D eigenvalue weighted by molar-refractivity contribution is 5.40. The van der Waals surface area contributed by atoms with E-state index in [1.54, 1.807) is 30.3 Å². The molecule has 24 heavy (non-hydrogen) atoms. The predicted molar refractivity (Wildman–Crippen MR) is 82.1 cm³/mol. The van der Waals surface area contributed by atoms with E-state index in [1.807, 2.05) is 6.07 Å². The zero-order chi connectivity index (χ0) is 17.0. The second-order valence-corrected chi connectivity index (χ2v) is 5.56. The second kappa shape index (κ2) is 7.09. The van der Waals surface area contributed by atoms with E-state index >= 15 is 0 Å². The standard InChI is InChI=1S/C17H17F3N2O2/c18-17(19,20)16(9-12-5-7-21-8-6-12)22-10-13-11-23-14-3-1-2-4-15(14)24-13/h1-8,13,16,22H,9-11H2/t13-,16-/m0/s1. The summed E-state index contributed by atoms with van der Waals surface area (Å²) in [6, 6.07) is 8.62. The molecule has 0 saturated heterocycles. The van der Waals surface area contributed by atoms with Gasteiger partial charge in [0.15, 0.2) is 11.5 Å². The molecule has 0 unspecified atom stereocenters. The first-order valence-corrected chi connectivity index (χ1v) is 7.60. The van der Waals surface area contributed by atoms with Crippen molar-refractivity contribution >= 4 is 0 Å². The minimum atomic E-state index is -4.35. The first-order valence-electron chi connectivity index (χ1n) is 7.60. The third-order valence-electron chi connectivity index (χ3n) is 3.74. The summed E-state index contributed by atoms with van der Waals surface area (Å²) in [7, 11) is 0. The number of hydrogen-bond donors (Lipinski definition) is 1. The molecule has 7 heteroatoms. The summed E-state index contributed by atoms with van der Waals surface area (Å²) < 4.78 is 50.9. The fourth-order valence-corrected chi connectivity index (χ4v) is 2.50. The van der Waals surface area contributed by atoms with Crippen LogP contribution in [0, 0.1) is 0 Å². The summed E-state index contributed by atoms with van der Waals surface area (Å²) in [5, 5.41) is 2.56. The van der Waals surface area contributed by atoms with Crippen LogP contribution in [0.5, 0.6) is 11.5 Å². The largest absolute Gasteiger partial charge is 0.486 e. The van der Waals surface area contributed by atoms with Crippen molar-refractivity contribution in [2.24, 2.45) is 0 Å². The number of fused-ring (bicyclic) bond motifs is 1. The lowest BCUT2D eigenvalue weighted by Crippen LogP contribution is -2.49. The SMILES string of the molecule is FC(F)(F)[C@H](Cc1ccncc1)NC[C@H]1COc2ccccc2O1. The van der Waals surface area contributed by atoms with Crippen molar-refractivity contribution < 1.29 is 22.6 Å². The van der Waals surface area contributed by atoms with Crippen molar-refractivity contribution in [3.8, 4) is 11.5 Å². The van der Waals surface area contributed by atoms with Crippen molar-refractivity contribution in [3.63, 3.8) is 0 Å². The molecule has 4 nitrogen and oxygen atoms in total. The second-order valence-electron chi connectivity index (χ2n) is 5.56. The number of halogens is 3. The highest BCUT2D eigenvalue weighted by Crippen LogP contribution is 2.31. The van der Waals surface area contributed by atoms with Gasteiger partial charge in [-0.3, -0.25) is 4.98 Å². The van der Waals surface area contributed by atoms with E-state index in [0.717, 1.165) is 0 Å². The number of para-hydroxylation sites is 2. The molecule has 0 bridgehead atoms. The molecule has 128 valence electrons. The molecule has 0 radical (unpaired) electrons. The number of benzene rings is 1. The summed E-state index contributed by atoms with van der Waals surface area (Å²) in [6.07, 6.45) is -2.01. The van der Waals surface area contributed by atoms with Gasteiger partial charge in [0.2, 0.25) is 0 Å². The van der Waals surface area contributed by atoms with E-state index in [0.29, 0.717) is 17.1 Å². The number of nitrogens with zero attached hydrogens (tertiary/aromatic N) is 1. The molecule has 0 fully saturated rings. The number of alkyl halides is 3. The Morgan fingerprint density at radius 2 is 1.83 bits per heavy atom. The molecular formula is C17H17F3N2O2. The monoisotopic (exact) mass is 338 g/mol. The van der Waals surface area contributed by atoms with Crippen molar-refractivity contribution in [1.29, 1.82) is 0 Å². The number of nitrogens with one attached hydrogen (secondary N) is 1. The van der Waals surface area contributed by atoms with Crippen LogP contribution in [0.4, 0.5) is 13.2 Å². The number of rotatable bonds is 5. The zero-order valence-electron chi connectivity index (χ0n) is 12.8. The molecule has 1 N–H and O–H groups in total. The van der Waals surface area contributed by atoms with E-state index in [2.05, 4.69) is 10.3 Å². The molecule has 1 aliphatic heterocycles. The Morgan fingerprint density at radius 1 is 1.12 bits per heavy atom. The summed E-state index contributed by atoms with van der Waals surface area (Å²) in [5.41, 5.74) is 0.575. The molecule has 1 aromatic heterocycles. The zero-order valence-corrected chi connectivity index (χ0v) is 12.8. The van der Waals surface area contributed by atoms with Gasteiger partial charge in [-0.05, 0) is 36.2 Å². The quantitative estimate of drug-likeness (QED) is 0.910. The normalized spacial score (nSPS) is 18.2. The Hall–Kier alpha value is -2.28. The van der Waals surface area contributed by atoms with Crippen molar-refractivity contribution in [3.05, 3.63) is 54.4 Å². The van der Waals surface area contributed by atoms with E-state index in [4.69, 9.17) is 9.47 Å². The minimum Gasteiger partial charge on any atom is -0.486 e. The van der Waals surface area contributed by atoms with E-state index in [-0.39, 0.29) is 19.6 Å². The van der Waals surface area contributed by atoms with Gasteiger partial charge in [-0.2, -0.15) is 13.2 Å². The minimum absolute atomic E-state index is 0.0452. The highest BCUT2D eigenvalue weighted by atomic mass is 19.4. The molecule has 2 heterocycles. The maximum atomic E-state index is 13.2. The van der Waals surface area contributed by atoms with Crippen LogP contribution < -0.4 is 14.8 Å². The molecule has 3 rings (SSSR count). The van der Waals surface area contributed by atoms with Crippen LogP contribution in [0.15, 0.2) is 48.8 Å². The van der Waals surface area contributed by atoms with Gasteiger partial charge in [-0.1, -0.05) is 12.1 Å². The molecule has 2 atom stereocenters. The number of aromatic nitrogens is 1. The van der Waals surface area contributed by atoms with Crippen LogP contribution in [-0.2, 0) is 6.42 Å². The molecule has 0 aliphatic carbocycles. The highest BCUT2D eigenvalue weighted by Gasteiger charge is 2.39. The molecule has 0 amide bonds. The van der Waals surface area contributed by atoms with Gasteiger partial charge >= 0.3 is 6.18 Å². The van der Waals surface area contributed by atoms with Gasteiger partial charge in [0.05, 0.1) is 0 Å². The lowest BCUT2D eigenvalue weighted by Gasteiger charge is -2.29. The number of hydrogen-bond acceptors (Lipinski definition) is 4. The Labute approximate surface area is 137 Å². The smallest absolute Gasteiger partial charge is 0.404 e. The third kappa shape index (κ3) is 4.17. The van der Waals surface area contributed by atoms with Gasteiger partial charge < -0.3 is 14.8 Å². The molecule has 0 spiro atoms. The first kappa shape index (κ1) is 16.6. The van der Waals surface area contributed by atoms with Gasteiger partial charge in [0.25, 0.3) is 0 Å². The number of ether oxygens (including phenoxy) is 2. The van der Waals surface area contributed by atoms with Crippen molar-refractivity contribution in [2.45, 2.75) is 24.7 Å². The molecule has 0 saturated carbocycles. The first-order chi connectivity index (χ1) is 11.5. The topological polar surface area (TPSA) is 43.4 Å². The van der Waals surface area contributed by atoms with Gasteiger partial charge in [-0.25, -0.2) is 0 Å². The van der Waals surface area contributed by atoms with Gasteiger partial charge in [-0.15, -0.1) is 0 Å². The van der Waals surface area contributed by atoms with Crippen LogP contribution in [-0.4, -0.2) is 36.5 Å². The number of pyridine rings is 1. The summed E-state index contributed by atoms with van der Waals surface area (Å²) >= 11 is 0. The Bertz CT molecular complexity index is 664. The maximum Gasteiger partial charge on any atom is 0.404 e. The third-order valence-corrected chi connectivity index (χ3v) is 3.74. The van der Waals surface area contributed by atoms with Crippen molar-refractivity contribution in [1.82, 2.24) is 10.3 Å². The summed E-state index contributed by atoms with van der Waals surface area (Å²) in [5.74, 6) is 1.16. The Balaban J connectivity index is 1.60. The Kier molecular flexibility index (Phi) is 4.89. The van der Waals surface area contributed by atoms with Gasteiger partial charge in [0.1, 0.15) is 18.8 Å². The average molecular weight is 338 g/mol. The molecular weight excluding hydrogens is 321 g/mol. The van der Waals surface area contributed by atoms with E-state index in [9.17, 15) is 13.2 Å². The van der Waals surface area contributed by atoms with Crippen LogP contribution in [0.1, 0.15) is 5.56 Å². The average Bonchev–Trinajstić information content (AvgIpc) is 2.58. The summed E-state index contributed by atoms with van der Waals surface area (Å²) in [4.78, 5) is 3.82.